The van der Waals surface area contributed by atoms with Crippen LogP contribution < -0.4 is 0 Å². The molecular formula is C13H11NO3S2. The molecule has 0 saturated carbocycles. The van der Waals surface area contributed by atoms with Crippen molar-refractivity contribution in [1.82, 2.24) is 5.16 Å². The molecule has 3 aromatic heterocycles. The molecule has 0 aromatic carbocycles. The lowest BCUT2D eigenvalue weighted by Gasteiger charge is -1.96. The van der Waals surface area contributed by atoms with Crippen LogP contribution in [0.1, 0.15) is 21.1 Å². The van der Waals surface area contributed by atoms with Crippen LogP contribution in [-0.4, -0.2) is 18.2 Å². The van der Waals surface area contributed by atoms with Gasteiger partial charge in [-0.3, -0.25) is 0 Å². The van der Waals surface area contributed by atoms with Gasteiger partial charge in [-0.1, -0.05) is 5.16 Å². The molecule has 0 fully saturated rings. The predicted octanol–water partition coefficient (Wildman–Crippen LogP) is 4.02. The zero-order valence-corrected chi connectivity index (χ0v) is 12.3. The van der Waals surface area contributed by atoms with Crippen LogP contribution in [-0.2, 0) is 4.74 Å². The summed E-state index contributed by atoms with van der Waals surface area (Å²) < 4.78 is 12.1. The molecule has 0 aliphatic carbocycles. The molecule has 4 nitrogen and oxygen atoms in total. The molecule has 0 bridgehead atoms. The number of nitrogens with zero attached hydrogens (tertiary/aromatic N) is 1. The van der Waals surface area contributed by atoms with Crippen molar-refractivity contribution in [2.24, 2.45) is 0 Å². The number of hydrogen-bond acceptors (Lipinski definition) is 6. The van der Waals surface area contributed by atoms with Crippen molar-refractivity contribution >= 4 is 38.0 Å². The Morgan fingerprint density at radius 3 is 2.84 bits per heavy atom. The van der Waals surface area contributed by atoms with Crippen LogP contribution >= 0.6 is 22.7 Å². The molecule has 3 aromatic rings. The molecule has 0 aliphatic heterocycles. The van der Waals surface area contributed by atoms with Gasteiger partial charge in [-0.05, 0) is 19.9 Å². The zero-order valence-electron chi connectivity index (χ0n) is 10.6. The molecule has 6 heteroatoms. The number of aryl methyl sites for hydroxylation is 2. The van der Waals surface area contributed by atoms with Gasteiger partial charge in [0.2, 0.25) is 0 Å². The number of carbonyl (C=O) groups excluding carboxylic acids is 1. The summed E-state index contributed by atoms with van der Waals surface area (Å²) in [5.74, 6) is 0.503. The monoisotopic (exact) mass is 293 g/mol. The second kappa shape index (κ2) is 4.47. The summed E-state index contributed by atoms with van der Waals surface area (Å²) in [4.78, 5) is 12.2. The number of carbonyl (C=O) groups is 1. The minimum atomic E-state index is -0.293. The van der Waals surface area contributed by atoms with Crippen LogP contribution in [0.25, 0.3) is 20.5 Å². The third-order valence-corrected chi connectivity index (χ3v) is 5.14. The fraction of sp³-hybridized carbons (Fsp3) is 0.231. The molecule has 0 unspecified atom stereocenters. The first kappa shape index (κ1) is 12.4. The quantitative estimate of drug-likeness (QED) is 0.670. The number of fused-ring (bicyclic) bond motifs is 1. The number of rotatable bonds is 2. The Morgan fingerprint density at radius 1 is 1.42 bits per heavy atom. The van der Waals surface area contributed by atoms with Gasteiger partial charge in [-0.2, -0.15) is 0 Å². The van der Waals surface area contributed by atoms with E-state index in [0.717, 1.165) is 32.0 Å². The Morgan fingerprint density at radius 2 is 2.21 bits per heavy atom. The average Bonchev–Trinajstić information content (AvgIpc) is 3.04. The summed E-state index contributed by atoms with van der Waals surface area (Å²) in [6.07, 6.45) is 0. The predicted molar refractivity (Wildman–Crippen MR) is 76.0 cm³/mol. The Bertz CT molecular complexity index is 747. The minimum Gasteiger partial charge on any atom is -0.465 e. The lowest BCUT2D eigenvalue weighted by atomic mass is 10.1. The topological polar surface area (TPSA) is 52.3 Å². The van der Waals surface area contributed by atoms with E-state index < -0.39 is 0 Å². The number of methoxy groups -OCH3 is 1. The van der Waals surface area contributed by atoms with Crippen LogP contribution in [0.4, 0.5) is 0 Å². The Kier molecular flexibility index (Phi) is 2.91. The molecule has 3 heterocycles. The molecule has 98 valence electrons. The smallest absolute Gasteiger partial charge is 0.348 e. The summed E-state index contributed by atoms with van der Waals surface area (Å²) in [6.45, 7) is 3.82. The number of esters is 1. The van der Waals surface area contributed by atoms with E-state index >= 15 is 0 Å². The van der Waals surface area contributed by atoms with E-state index in [1.54, 1.807) is 11.3 Å². The second-order valence-electron chi connectivity index (χ2n) is 4.14. The van der Waals surface area contributed by atoms with Crippen molar-refractivity contribution in [2.75, 3.05) is 7.11 Å². The first-order valence-corrected chi connectivity index (χ1v) is 7.34. The second-order valence-corrected chi connectivity index (χ2v) is 6.11. The third-order valence-electron chi connectivity index (χ3n) is 2.94. The zero-order chi connectivity index (χ0) is 13.6. The molecule has 0 spiro atoms. The Labute approximate surface area is 117 Å². The van der Waals surface area contributed by atoms with Crippen molar-refractivity contribution in [3.8, 4) is 11.1 Å². The summed E-state index contributed by atoms with van der Waals surface area (Å²) in [5, 5.41) is 6.06. The fourth-order valence-corrected chi connectivity index (χ4v) is 4.36. The van der Waals surface area contributed by atoms with Crippen LogP contribution in [0, 0.1) is 13.8 Å². The number of hydrogen-bond donors (Lipinski definition) is 0. The molecule has 19 heavy (non-hydrogen) atoms. The largest absolute Gasteiger partial charge is 0.465 e. The van der Waals surface area contributed by atoms with Crippen LogP contribution in [0.5, 0.6) is 0 Å². The molecule has 0 atom stereocenters. The summed E-state index contributed by atoms with van der Waals surface area (Å²) >= 11 is 3.06. The van der Waals surface area contributed by atoms with E-state index in [9.17, 15) is 4.79 Å². The van der Waals surface area contributed by atoms with Crippen LogP contribution in [0.3, 0.4) is 0 Å². The lowest BCUT2D eigenvalue weighted by Crippen LogP contribution is -1.96. The van der Waals surface area contributed by atoms with Gasteiger partial charge in [0.05, 0.1) is 17.5 Å². The molecular weight excluding hydrogens is 282 g/mol. The molecule has 0 aliphatic rings. The maximum atomic E-state index is 11.6. The van der Waals surface area contributed by atoms with Crippen molar-refractivity contribution in [1.29, 1.82) is 0 Å². The Balaban J connectivity index is 2.20. The average molecular weight is 293 g/mol. The van der Waals surface area contributed by atoms with E-state index in [1.807, 2.05) is 19.9 Å². The van der Waals surface area contributed by atoms with Gasteiger partial charge in [0.15, 0.2) is 0 Å². The van der Waals surface area contributed by atoms with E-state index in [-0.39, 0.29) is 5.97 Å². The van der Waals surface area contributed by atoms with Gasteiger partial charge in [-0.25, -0.2) is 4.79 Å². The molecule has 0 radical (unpaired) electrons. The van der Waals surface area contributed by atoms with Gasteiger partial charge >= 0.3 is 5.97 Å². The van der Waals surface area contributed by atoms with Crippen molar-refractivity contribution in [3.05, 3.63) is 27.8 Å². The molecule has 0 saturated heterocycles. The molecule has 0 amide bonds. The van der Waals surface area contributed by atoms with Crippen LogP contribution in [0.15, 0.2) is 16.0 Å². The van der Waals surface area contributed by atoms with Gasteiger partial charge < -0.3 is 9.26 Å². The summed E-state index contributed by atoms with van der Waals surface area (Å²) in [5.41, 5.74) is 2.96. The normalized spacial score (nSPS) is 11.1. The number of thiophene rings is 2. The first-order chi connectivity index (χ1) is 9.11. The van der Waals surface area contributed by atoms with Gasteiger partial charge in [0.1, 0.15) is 10.6 Å². The first-order valence-electron chi connectivity index (χ1n) is 5.64. The standard InChI is InChI=1S/C13H11NO3S2/c1-6-11(7(2)17-14-6)8-5-18-9-4-10(13(15)16-3)19-12(8)9/h4-5H,1-3H3. The van der Waals surface area contributed by atoms with Crippen molar-refractivity contribution < 1.29 is 14.1 Å². The van der Waals surface area contributed by atoms with Crippen molar-refractivity contribution in [3.63, 3.8) is 0 Å². The third kappa shape index (κ3) is 1.87. The van der Waals surface area contributed by atoms with E-state index in [0.29, 0.717) is 4.88 Å². The summed E-state index contributed by atoms with van der Waals surface area (Å²) in [6, 6.07) is 1.87. The molecule has 0 N–H and O–H groups in total. The lowest BCUT2D eigenvalue weighted by molar-refractivity contribution is 0.0606. The highest BCUT2D eigenvalue weighted by atomic mass is 32.1. The number of ether oxygens (including phenoxy) is 1. The van der Waals surface area contributed by atoms with Crippen molar-refractivity contribution in [2.45, 2.75) is 13.8 Å². The van der Waals surface area contributed by atoms with E-state index in [1.165, 1.54) is 18.4 Å². The molecule has 3 rings (SSSR count). The highest BCUT2D eigenvalue weighted by Gasteiger charge is 2.19. The minimum absolute atomic E-state index is 0.293. The summed E-state index contributed by atoms with van der Waals surface area (Å²) in [7, 11) is 1.39. The SMILES string of the molecule is COC(=O)c1cc2scc(-c3c(C)noc3C)c2s1. The maximum absolute atomic E-state index is 11.6. The van der Waals surface area contributed by atoms with Crippen LogP contribution in [0.2, 0.25) is 0 Å². The van der Waals surface area contributed by atoms with Gasteiger partial charge in [0.25, 0.3) is 0 Å². The maximum Gasteiger partial charge on any atom is 0.348 e. The van der Waals surface area contributed by atoms with Gasteiger partial charge in [0, 0.05) is 21.2 Å². The van der Waals surface area contributed by atoms with E-state index in [4.69, 9.17) is 9.26 Å². The number of aromatic nitrogens is 1. The highest BCUT2D eigenvalue weighted by molar-refractivity contribution is 7.28. The Hall–Kier alpha value is -1.66. The fourth-order valence-electron chi connectivity index (χ4n) is 2.07. The highest BCUT2D eigenvalue weighted by Crippen LogP contribution is 2.41. The van der Waals surface area contributed by atoms with E-state index in [2.05, 4.69) is 10.5 Å². The van der Waals surface area contributed by atoms with Gasteiger partial charge in [-0.15, -0.1) is 22.7 Å².